The molecule has 2 aromatic rings. The van der Waals surface area contributed by atoms with Gasteiger partial charge in [-0.3, -0.25) is 9.59 Å². The number of carbonyl (C=O) groups is 2. The van der Waals surface area contributed by atoms with E-state index in [1.54, 1.807) is 29.2 Å². The molecule has 236 valence electrons. The highest BCUT2D eigenvalue weighted by Gasteiger charge is 2.44. The van der Waals surface area contributed by atoms with Gasteiger partial charge < -0.3 is 25.6 Å². The number of ether oxygens (including phenoxy) is 1. The average Bonchev–Trinajstić information content (AvgIpc) is 3.27. The van der Waals surface area contributed by atoms with Crippen molar-refractivity contribution >= 4 is 27.3 Å². The number of rotatable bonds is 9. The molecule has 9 nitrogen and oxygen atoms in total. The number of amides is 2. The van der Waals surface area contributed by atoms with E-state index in [1.807, 2.05) is 14.0 Å². The smallest absolute Gasteiger partial charge is 0.406 e. The Morgan fingerprint density at radius 3 is 2.44 bits per heavy atom. The topological polar surface area (TPSA) is 122 Å². The molecule has 2 amide bonds. The number of aryl methyl sites for hydroxylation is 1. The lowest BCUT2D eigenvalue weighted by molar-refractivity contribution is -0.274. The van der Waals surface area contributed by atoms with E-state index in [0.717, 1.165) is 30.2 Å². The van der Waals surface area contributed by atoms with Crippen LogP contribution in [0.5, 0.6) is 5.75 Å². The Morgan fingerprint density at radius 1 is 1.14 bits per heavy atom. The molecule has 0 aromatic heterocycles. The second-order valence-electron chi connectivity index (χ2n) is 11.8. The molecule has 1 saturated carbocycles. The van der Waals surface area contributed by atoms with Crippen LogP contribution in [0, 0.1) is 12.8 Å². The summed E-state index contributed by atoms with van der Waals surface area (Å²) in [6.07, 6.45) is -2.70. The molecule has 1 heterocycles. The molecule has 1 aliphatic carbocycles. The third kappa shape index (κ3) is 7.80. The number of halogens is 3. The van der Waals surface area contributed by atoms with Gasteiger partial charge in [-0.2, -0.15) is 0 Å². The quantitative estimate of drug-likeness (QED) is 0.402. The maximum atomic E-state index is 13.6. The second-order valence-corrected chi connectivity index (χ2v) is 13.8. The predicted molar refractivity (Wildman–Crippen MR) is 156 cm³/mol. The Balaban J connectivity index is 1.52. The molecule has 3 N–H and O–H groups in total. The predicted octanol–water partition coefficient (Wildman–Crippen LogP) is 4.16. The zero-order chi connectivity index (χ0) is 31.7. The van der Waals surface area contributed by atoms with Gasteiger partial charge in [-0.25, -0.2) is 8.42 Å². The van der Waals surface area contributed by atoms with E-state index in [9.17, 15) is 31.2 Å². The Kier molecular flexibility index (Phi) is 9.65. The molecule has 2 aromatic carbocycles. The number of nitrogens with one attached hydrogen (secondary N) is 1. The molecular weight excluding hydrogens is 585 g/mol. The lowest BCUT2D eigenvalue weighted by Gasteiger charge is -2.44. The first-order valence-electron chi connectivity index (χ1n) is 14.3. The maximum absolute atomic E-state index is 13.6. The van der Waals surface area contributed by atoms with Crippen molar-refractivity contribution in [3.63, 3.8) is 0 Å². The number of nitrogens with two attached hydrogens (primary N) is 1. The van der Waals surface area contributed by atoms with Crippen molar-refractivity contribution < 1.29 is 35.9 Å². The van der Waals surface area contributed by atoms with Crippen molar-refractivity contribution in [3.8, 4) is 5.75 Å². The van der Waals surface area contributed by atoms with E-state index in [1.165, 1.54) is 0 Å². The van der Waals surface area contributed by atoms with Crippen molar-refractivity contribution in [2.45, 2.75) is 81.9 Å². The summed E-state index contributed by atoms with van der Waals surface area (Å²) in [6, 6.07) is 8.88. The van der Waals surface area contributed by atoms with Crippen LogP contribution in [0.4, 0.5) is 18.9 Å². The SMILES string of the molecule is Cc1ccc(S(=O)(=O)C[C@@H]2C[C@H](N(C)C(C)C)CC[C@@H]2N2CCC(NC(=O)c3cc(OC(F)(F)F)ccc3N)C2=O)cc1. The van der Waals surface area contributed by atoms with Crippen LogP contribution in [0.1, 0.15) is 55.5 Å². The van der Waals surface area contributed by atoms with Crippen LogP contribution in [-0.4, -0.2) is 79.9 Å². The Bertz CT molecular complexity index is 1430. The molecule has 13 heteroatoms. The first kappa shape index (κ1) is 32.6. The summed E-state index contributed by atoms with van der Waals surface area (Å²) in [6.45, 7) is 6.36. The normalized spacial score (nSPS) is 23.2. The van der Waals surface area contributed by atoms with Gasteiger partial charge in [0.15, 0.2) is 9.84 Å². The summed E-state index contributed by atoms with van der Waals surface area (Å²) in [5, 5.41) is 2.61. The molecule has 0 radical (unpaired) electrons. The summed E-state index contributed by atoms with van der Waals surface area (Å²) in [4.78, 5) is 30.7. The lowest BCUT2D eigenvalue weighted by atomic mass is 9.81. The van der Waals surface area contributed by atoms with Gasteiger partial charge in [0.1, 0.15) is 11.8 Å². The Hall–Kier alpha value is -3.32. The highest BCUT2D eigenvalue weighted by atomic mass is 32.2. The van der Waals surface area contributed by atoms with Crippen molar-refractivity contribution in [1.82, 2.24) is 15.1 Å². The highest BCUT2D eigenvalue weighted by Crippen LogP contribution is 2.36. The summed E-state index contributed by atoms with van der Waals surface area (Å²) in [7, 11) is -1.63. The Morgan fingerprint density at radius 2 is 1.81 bits per heavy atom. The first-order valence-corrected chi connectivity index (χ1v) is 16.0. The zero-order valence-corrected chi connectivity index (χ0v) is 25.5. The van der Waals surface area contributed by atoms with Crippen molar-refractivity contribution in [3.05, 3.63) is 53.6 Å². The van der Waals surface area contributed by atoms with Crippen LogP contribution in [-0.2, 0) is 14.6 Å². The number of hydrogen-bond acceptors (Lipinski definition) is 7. The number of nitrogen functional groups attached to an aromatic ring is 1. The van der Waals surface area contributed by atoms with Crippen LogP contribution in [0.25, 0.3) is 0 Å². The fourth-order valence-electron chi connectivity index (χ4n) is 6.06. The standard InChI is InChI=1S/C30H39F3N4O5S/c1-18(2)36(4)21-7-12-27(20(15-21)17-43(40,41)23-9-5-19(3)6-10-23)37-14-13-26(29(37)39)35-28(38)24-16-22(8-11-25(24)34)42-30(31,32)33/h5-6,8-11,16,18,20-21,26-27H,7,12-15,17,34H2,1-4H3,(H,35,38)/t20-,21+,26?,27-/m0/s1. The van der Waals surface area contributed by atoms with Gasteiger partial charge in [-0.05, 0) is 89.8 Å². The largest absolute Gasteiger partial charge is 0.573 e. The van der Waals surface area contributed by atoms with E-state index in [2.05, 4.69) is 28.8 Å². The van der Waals surface area contributed by atoms with Gasteiger partial charge in [0.05, 0.1) is 16.2 Å². The molecule has 1 saturated heterocycles. The van der Waals surface area contributed by atoms with Crippen LogP contribution in [0.3, 0.4) is 0 Å². The van der Waals surface area contributed by atoms with Gasteiger partial charge in [-0.1, -0.05) is 17.7 Å². The fourth-order valence-corrected chi connectivity index (χ4v) is 7.72. The highest BCUT2D eigenvalue weighted by molar-refractivity contribution is 7.91. The minimum atomic E-state index is -4.95. The zero-order valence-electron chi connectivity index (χ0n) is 24.7. The number of alkyl halides is 3. The number of anilines is 1. The third-order valence-electron chi connectivity index (χ3n) is 8.57. The maximum Gasteiger partial charge on any atom is 0.573 e. The fraction of sp³-hybridized carbons (Fsp3) is 0.533. The Labute approximate surface area is 250 Å². The molecule has 0 spiro atoms. The van der Waals surface area contributed by atoms with E-state index >= 15 is 0 Å². The van der Waals surface area contributed by atoms with Gasteiger partial charge in [-0.15, -0.1) is 13.2 Å². The lowest BCUT2D eigenvalue weighted by Crippen LogP contribution is -2.53. The average molecular weight is 625 g/mol. The summed E-state index contributed by atoms with van der Waals surface area (Å²) in [5.41, 5.74) is 6.48. The number of benzene rings is 2. The number of nitrogens with zero attached hydrogens (tertiary/aromatic N) is 2. The number of hydrogen-bond donors (Lipinski definition) is 2. The third-order valence-corrected chi connectivity index (χ3v) is 10.4. The number of sulfone groups is 1. The van der Waals surface area contributed by atoms with Gasteiger partial charge in [0.25, 0.3) is 5.91 Å². The van der Waals surface area contributed by atoms with Gasteiger partial charge in [0, 0.05) is 30.4 Å². The van der Waals surface area contributed by atoms with Crippen LogP contribution >= 0.6 is 0 Å². The van der Waals surface area contributed by atoms with Crippen LogP contribution in [0.15, 0.2) is 47.4 Å². The molecule has 4 atom stereocenters. The molecule has 2 aliphatic rings. The second kappa shape index (κ2) is 12.7. The molecule has 43 heavy (non-hydrogen) atoms. The minimum Gasteiger partial charge on any atom is -0.406 e. The molecule has 1 aliphatic heterocycles. The van der Waals surface area contributed by atoms with Crippen LogP contribution in [0.2, 0.25) is 0 Å². The molecule has 1 unspecified atom stereocenters. The van der Waals surface area contributed by atoms with Crippen molar-refractivity contribution in [1.29, 1.82) is 0 Å². The van der Waals surface area contributed by atoms with Gasteiger partial charge >= 0.3 is 6.36 Å². The summed E-state index contributed by atoms with van der Waals surface area (Å²) >= 11 is 0. The molecule has 4 rings (SSSR count). The minimum absolute atomic E-state index is 0.0664. The van der Waals surface area contributed by atoms with E-state index in [0.29, 0.717) is 19.4 Å². The van der Waals surface area contributed by atoms with Crippen molar-refractivity contribution in [2.24, 2.45) is 5.92 Å². The summed E-state index contributed by atoms with van der Waals surface area (Å²) < 4.78 is 69.0. The van der Waals surface area contributed by atoms with E-state index in [4.69, 9.17) is 5.73 Å². The first-order chi connectivity index (χ1) is 20.1. The van der Waals surface area contributed by atoms with Gasteiger partial charge in [0.2, 0.25) is 5.91 Å². The van der Waals surface area contributed by atoms with E-state index < -0.39 is 33.9 Å². The monoisotopic (exact) mass is 624 g/mol. The molecule has 2 fully saturated rings. The number of likely N-dealkylation sites (tertiary alicyclic amines) is 1. The van der Waals surface area contributed by atoms with E-state index in [-0.39, 0.29) is 58.3 Å². The number of carbonyl (C=O) groups excluding carboxylic acids is 2. The molecule has 0 bridgehead atoms. The van der Waals surface area contributed by atoms with Crippen molar-refractivity contribution in [2.75, 3.05) is 25.1 Å². The molecular formula is C30H39F3N4O5S. The summed E-state index contributed by atoms with van der Waals surface area (Å²) in [5.74, 6) is -2.21. The van der Waals surface area contributed by atoms with Crippen LogP contribution < -0.4 is 15.8 Å².